The van der Waals surface area contributed by atoms with Gasteiger partial charge in [0.05, 0.1) is 6.54 Å². The summed E-state index contributed by atoms with van der Waals surface area (Å²) in [5.74, 6) is 2.70. The zero-order valence-corrected chi connectivity index (χ0v) is 18.2. The van der Waals surface area contributed by atoms with Crippen LogP contribution >= 0.6 is 0 Å². The number of nitrogens with zero attached hydrogens (tertiary/aromatic N) is 4. The SMILES string of the molecule is CC1=Cc2c(ccc(Oc3nc(NC4=NCC(C5CC5)=C4)cc(N4CCCC4)n3)c2F)C1. The van der Waals surface area contributed by atoms with E-state index in [4.69, 9.17) is 4.74 Å². The topological polar surface area (TPSA) is 62.6 Å². The lowest BCUT2D eigenvalue weighted by atomic mass is 10.1. The number of amidine groups is 1. The fourth-order valence-corrected chi connectivity index (χ4v) is 4.68. The van der Waals surface area contributed by atoms with Crippen molar-refractivity contribution in [2.24, 2.45) is 10.9 Å². The molecule has 3 heterocycles. The third kappa shape index (κ3) is 3.76. The number of hydrogen-bond donors (Lipinski definition) is 1. The molecule has 1 N–H and O–H groups in total. The molecule has 1 aromatic heterocycles. The molecule has 0 atom stereocenters. The van der Waals surface area contributed by atoms with E-state index in [0.717, 1.165) is 61.7 Å². The number of aromatic nitrogens is 2. The molecular formula is C25H26FN5O. The number of nitrogens with one attached hydrogen (secondary N) is 1. The molecule has 0 spiro atoms. The average molecular weight is 432 g/mol. The molecule has 2 fully saturated rings. The van der Waals surface area contributed by atoms with Crippen LogP contribution in [0, 0.1) is 11.7 Å². The molecular weight excluding hydrogens is 405 g/mol. The average Bonchev–Trinajstić information content (AvgIpc) is 3.16. The van der Waals surface area contributed by atoms with Crippen LogP contribution in [0.5, 0.6) is 11.8 Å². The summed E-state index contributed by atoms with van der Waals surface area (Å²) < 4.78 is 21.0. The summed E-state index contributed by atoms with van der Waals surface area (Å²) in [4.78, 5) is 16.0. The molecule has 2 aromatic rings. The standard InChI is InChI=1S/C25H26FN5O/c1-15-10-17-6-7-20(24(26)19(17)11-15)32-25-29-22(13-23(30-25)31-8-2-3-9-31)28-21-12-18(14-27-21)16-4-5-16/h6-7,11-13,16H,2-5,8-10,14H2,1H3,(H,27,28,29,30). The molecule has 7 heteroatoms. The number of benzene rings is 1. The van der Waals surface area contributed by atoms with Crippen LogP contribution in [0.4, 0.5) is 16.0 Å². The highest BCUT2D eigenvalue weighted by molar-refractivity contribution is 6.05. The Morgan fingerprint density at radius 3 is 2.78 bits per heavy atom. The van der Waals surface area contributed by atoms with Crippen molar-refractivity contribution in [3.63, 3.8) is 0 Å². The van der Waals surface area contributed by atoms with Gasteiger partial charge in [0.2, 0.25) is 0 Å². The first-order valence-corrected chi connectivity index (χ1v) is 11.4. The second-order valence-corrected chi connectivity index (χ2v) is 9.13. The third-order valence-electron chi connectivity index (χ3n) is 6.53. The molecule has 6 rings (SSSR count). The van der Waals surface area contributed by atoms with Gasteiger partial charge in [0, 0.05) is 24.7 Å². The van der Waals surface area contributed by atoms with E-state index in [9.17, 15) is 0 Å². The van der Waals surface area contributed by atoms with Crippen molar-refractivity contribution in [3.8, 4) is 11.8 Å². The van der Waals surface area contributed by atoms with Crippen molar-refractivity contribution in [2.45, 2.75) is 39.0 Å². The van der Waals surface area contributed by atoms with Gasteiger partial charge in [0.1, 0.15) is 17.5 Å². The van der Waals surface area contributed by atoms with Crippen molar-refractivity contribution in [1.82, 2.24) is 9.97 Å². The lowest BCUT2D eigenvalue weighted by molar-refractivity contribution is 0.411. The van der Waals surface area contributed by atoms with Crippen LogP contribution in [0.15, 0.2) is 40.4 Å². The van der Waals surface area contributed by atoms with Crippen LogP contribution in [0.25, 0.3) is 6.08 Å². The molecule has 0 bridgehead atoms. The number of fused-ring (bicyclic) bond motifs is 1. The molecule has 2 aliphatic heterocycles. The van der Waals surface area contributed by atoms with Gasteiger partial charge >= 0.3 is 6.01 Å². The number of aliphatic imine (C=N–C) groups is 1. The third-order valence-corrected chi connectivity index (χ3v) is 6.53. The lowest BCUT2D eigenvalue weighted by Crippen LogP contribution is -2.20. The van der Waals surface area contributed by atoms with E-state index in [1.165, 1.54) is 18.4 Å². The molecule has 32 heavy (non-hydrogen) atoms. The molecule has 0 unspecified atom stereocenters. The number of rotatable bonds is 5. The van der Waals surface area contributed by atoms with Crippen molar-refractivity contribution in [3.05, 3.63) is 52.4 Å². The van der Waals surface area contributed by atoms with Gasteiger partial charge < -0.3 is 15.0 Å². The Labute approximate surface area is 186 Å². The fourth-order valence-electron chi connectivity index (χ4n) is 4.68. The predicted molar refractivity (Wildman–Crippen MR) is 124 cm³/mol. The number of allylic oxidation sites excluding steroid dienone is 1. The van der Waals surface area contributed by atoms with Gasteiger partial charge in [0.25, 0.3) is 0 Å². The predicted octanol–water partition coefficient (Wildman–Crippen LogP) is 5.13. The maximum absolute atomic E-state index is 15.1. The van der Waals surface area contributed by atoms with E-state index in [0.29, 0.717) is 17.3 Å². The summed E-state index contributed by atoms with van der Waals surface area (Å²) in [7, 11) is 0. The Morgan fingerprint density at radius 1 is 1.12 bits per heavy atom. The Bertz CT molecular complexity index is 1180. The Balaban J connectivity index is 1.30. The van der Waals surface area contributed by atoms with Gasteiger partial charge in [-0.05, 0) is 68.2 Å². The fraction of sp³-hybridized carbons (Fsp3) is 0.400. The van der Waals surface area contributed by atoms with E-state index < -0.39 is 0 Å². The second-order valence-electron chi connectivity index (χ2n) is 9.13. The van der Waals surface area contributed by atoms with Gasteiger partial charge in [-0.25, -0.2) is 4.39 Å². The van der Waals surface area contributed by atoms with E-state index in [-0.39, 0.29) is 17.6 Å². The smallest absolute Gasteiger partial charge is 0.326 e. The summed E-state index contributed by atoms with van der Waals surface area (Å²) in [6.45, 7) is 4.66. The van der Waals surface area contributed by atoms with Crippen molar-refractivity contribution >= 4 is 23.5 Å². The van der Waals surface area contributed by atoms with Crippen LogP contribution in [-0.4, -0.2) is 35.4 Å². The van der Waals surface area contributed by atoms with Gasteiger partial charge in [-0.3, -0.25) is 4.99 Å². The molecule has 0 amide bonds. The minimum Gasteiger partial charge on any atom is -0.421 e. The van der Waals surface area contributed by atoms with E-state index in [1.54, 1.807) is 6.07 Å². The van der Waals surface area contributed by atoms with Crippen LogP contribution in [-0.2, 0) is 6.42 Å². The first-order valence-electron chi connectivity index (χ1n) is 11.4. The van der Waals surface area contributed by atoms with E-state index >= 15 is 4.39 Å². The zero-order chi connectivity index (χ0) is 21.7. The monoisotopic (exact) mass is 431 g/mol. The van der Waals surface area contributed by atoms with Gasteiger partial charge in [-0.15, -0.1) is 0 Å². The van der Waals surface area contributed by atoms with Crippen LogP contribution in [0.3, 0.4) is 0 Å². The Hall–Kier alpha value is -3.22. The summed E-state index contributed by atoms with van der Waals surface area (Å²) in [5.41, 5.74) is 4.12. The molecule has 0 radical (unpaired) electrons. The highest BCUT2D eigenvalue weighted by Gasteiger charge is 2.28. The first-order chi connectivity index (χ1) is 15.6. The van der Waals surface area contributed by atoms with Crippen molar-refractivity contribution < 1.29 is 9.13 Å². The number of halogens is 1. The quantitative estimate of drug-likeness (QED) is 0.711. The van der Waals surface area contributed by atoms with Gasteiger partial charge in [0.15, 0.2) is 11.6 Å². The highest BCUT2D eigenvalue weighted by Crippen LogP contribution is 2.38. The number of anilines is 2. The van der Waals surface area contributed by atoms with Crippen molar-refractivity contribution in [1.29, 1.82) is 0 Å². The van der Waals surface area contributed by atoms with E-state index in [1.807, 2.05) is 25.1 Å². The molecule has 1 saturated heterocycles. The van der Waals surface area contributed by atoms with Crippen LogP contribution in [0.2, 0.25) is 0 Å². The van der Waals surface area contributed by atoms with Gasteiger partial charge in [-0.2, -0.15) is 9.97 Å². The van der Waals surface area contributed by atoms with Crippen molar-refractivity contribution in [2.75, 3.05) is 29.9 Å². The number of ether oxygens (including phenoxy) is 1. The first kappa shape index (κ1) is 19.5. The highest BCUT2D eigenvalue weighted by atomic mass is 19.1. The molecule has 2 aliphatic carbocycles. The molecule has 164 valence electrons. The summed E-state index contributed by atoms with van der Waals surface area (Å²) >= 11 is 0. The maximum atomic E-state index is 15.1. The summed E-state index contributed by atoms with van der Waals surface area (Å²) in [6.07, 6.45) is 9.59. The minimum absolute atomic E-state index is 0.138. The summed E-state index contributed by atoms with van der Waals surface area (Å²) in [6, 6.07) is 5.65. The molecule has 1 saturated carbocycles. The maximum Gasteiger partial charge on any atom is 0.326 e. The number of hydrogen-bond acceptors (Lipinski definition) is 6. The molecule has 1 aromatic carbocycles. The molecule has 6 nitrogen and oxygen atoms in total. The minimum atomic E-state index is -0.360. The Morgan fingerprint density at radius 2 is 1.97 bits per heavy atom. The normalized spacial score (nSPS) is 19.6. The second kappa shape index (κ2) is 7.73. The zero-order valence-electron chi connectivity index (χ0n) is 18.2. The van der Waals surface area contributed by atoms with Crippen LogP contribution < -0.4 is 15.0 Å². The van der Waals surface area contributed by atoms with E-state index in [2.05, 4.69) is 31.3 Å². The lowest BCUT2D eigenvalue weighted by Gasteiger charge is -2.18. The van der Waals surface area contributed by atoms with Crippen LogP contribution in [0.1, 0.15) is 43.7 Å². The Kier molecular flexibility index (Phi) is 4.70. The largest absolute Gasteiger partial charge is 0.421 e. The molecule has 4 aliphatic rings. The summed E-state index contributed by atoms with van der Waals surface area (Å²) in [5, 5.41) is 3.32. The van der Waals surface area contributed by atoms with Gasteiger partial charge in [-0.1, -0.05) is 17.7 Å².